The lowest BCUT2D eigenvalue weighted by Crippen LogP contribution is -2.13. The number of Topliss-reactive ketones (excluding diaryl/α,β-unsaturated/α-hetero) is 1. The van der Waals surface area contributed by atoms with Crippen LogP contribution in [0, 0.1) is 13.8 Å². The zero-order valence-electron chi connectivity index (χ0n) is 12.4. The second-order valence-corrected chi connectivity index (χ2v) is 5.15. The van der Waals surface area contributed by atoms with E-state index in [0.29, 0.717) is 17.7 Å². The molecule has 0 bridgehead atoms. The molecule has 0 aromatic heterocycles. The molecule has 2 rings (SSSR count). The molecule has 0 heterocycles. The SMILES string of the molecule is Cc1ccc(C)c(C(=O)COc2ccc(CCO)cc2)c1. The van der Waals surface area contributed by atoms with E-state index in [1.807, 2.05) is 56.3 Å². The van der Waals surface area contributed by atoms with Gasteiger partial charge < -0.3 is 9.84 Å². The number of benzene rings is 2. The molecule has 21 heavy (non-hydrogen) atoms. The quantitative estimate of drug-likeness (QED) is 0.829. The second kappa shape index (κ2) is 7.04. The molecule has 0 aliphatic carbocycles. The summed E-state index contributed by atoms with van der Waals surface area (Å²) in [6.07, 6.45) is 0.627. The highest BCUT2D eigenvalue weighted by Gasteiger charge is 2.10. The number of aryl methyl sites for hydroxylation is 2. The molecule has 3 heteroatoms. The van der Waals surface area contributed by atoms with Crippen molar-refractivity contribution in [2.75, 3.05) is 13.2 Å². The van der Waals surface area contributed by atoms with Gasteiger partial charge in [-0.2, -0.15) is 0 Å². The molecule has 0 fully saturated rings. The van der Waals surface area contributed by atoms with Crippen molar-refractivity contribution in [1.29, 1.82) is 0 Å². The number of hydrogen-bond acceptors (Lipinski definition) is 3. The lowest BCUT2D eigenvalue weighted by Gasteiger charge is -2.09. The molecule has 0 radical (unpaired) electrons. The number of ketones is 1. The summed E-state index contributed by atoms with van der Waals surface area (Å²) in [7, 11) is 0. The second-order valence-electron chi connectivity index (χ2n) is 5.15. The van der Waals surface area contributed by atoms with Gasteiger partial charge in [-0.25, -0.2) is 0 Å². The lowest BCUT2D eigenvalue weighted by atomic mass is 10.0. The molecule has 0 aliphatic heterocycles. The third kappa shape index (κ3) is 4.17. The van der Waals surface area contributed by atoms with Crippen LogP contribution in [0.15, 0.2) is 42.5 Å². The van der Waals surface area contributed by atoms with Crippen LogP contribution in [0.4, 0.5) is 0 Å². The molecule has 110 valence electrons. The van der Waals surface area contributed by atoms with Gasteiger partial charge >= 0.3 is 0 Å². The Bertz CT molecular complexity index is 615. The van der Waals surface area contributed by atoms with Crippen molar-refractivity contribution >= 4 is 5.78 Å². The van der Waals surface area contributed by atoms with E-state index in [4.69, 9.17) is 9.84 Å². The number of carbonyl (C=O) groups is 1. The largest absolute Gasteiger partial charge is 0.485 e. The highest BCUT2D eigenvalue weighted by molar-refractivity contribution is 5.98. The van der Waals surface area contributed by atoms with Gasteiger partial charge in [-0.1, -0.05) is 29.8 Å². The van der Waals surface area contributed by atoms with E-state index in [1.165, 1.54) is 0 Å². The number of carbonyl (C=O) groups excluding carboxylic acids is 1. The first-order chi connectivity index (χ1) is 10.1. The zero-order valence-corrected chi connectivity index (χ0v) is 12.4. The van der Waals surface area contributed by atoms with Gasteiger partial charge in [-0.05, 0) is 49.6 Å². The summed E-state index contributed by atoms with van der Waals surface area (Å²) in [6, 6.07) is 13.3. The van der Waals surface area contributed by atoms with Crippen LogP contribution in [-0.4, -0.2) is 24.1 Å². The predicted octanol–water partition coefficient (Wildman–Crippen LogP) is 3.10. The molecule has 0 spiro atoms. The Labute approximate surface area is 125 Å². The summed E-state index contributed by atoms with van der Waals surface area (Å²) in [5.74, 6) is 0.644. The molecular formula is C18H20O3. The monoisotopic (exact) mass is 284 g/mol. The average Bonchev–Trinajstić information content (AvgIpc) is 2.49. The normalized spacial score (nSPS) is 10.4. The van der Waals surface area contributed by atoms with Crippen molar-refractivity contribution in [3.05, 3.63) is 64.7 Å². The van der Waals surface area contributed by atoms with E-state index in [0.717, 1.165) is 16.7 Å². The summed E-state index contributed by atoms with van der Waals surface area (Å²) >= 11 is 0. The number of aliphatic hydroxyl groups excluding tert-OH is 1. The molecule has 3 nitrogen and oxygen atoms in total. The first kappa shape index (κ1) is 15.3. The van der Waals surface area contributed by atoms with Crippen LogP contribution in [0.3, 0.4) is 0 Å². The molecule has 0 amide bonds. The number of aliphatic hydroxyl groups is 1. The maximum Gasteiger partial charge on any atom is 0.200 e. The Hall–Kier alpha value is -2.13. The minimum Gasteiger partial charge on any atom is -0.485 e. The highest BCUT2D eigenvalue weighted by atomic mass is 16.5. The fourth-order valence-corrected chi connectivity index (χ4v) is 2.14. The number of rotatable bonds is 6. The van der Waals surface area contributed by atoms with Crippen LogP contribution in [0.25, 0.3) is 0 Å². The molecule has 0 saturated carbocycles. The lowest BCUT2D eigenvalue weighted by molar-refractivity contribution is 0.0921. The van der Waals surface area contributed by atoms with Crippen molar-refractivity contribution in [2.24, 2.45) is 0 Å². The van der Waals surface area contributed by atoms with Crippen LogP contribution in [-0.2, 0) is 6.42 Å². The van der Waals surface area contributed by atoms with Gasteiger partial charge in [0.2, 0.25) is 0 Å². The van der Waals surface area contributed by atoms with E-state index in [9.17, 15) is 4.79 Å². The third-order valence-electron chi connectivity index (χ3n) is 3.39. The topological polar surface area (TPSA) is 46.5 Å². The van der Waals surface area contributed by atoms with E-state index in [2.05, 4.69) is 0 Å². The molecule has 0 unspecified atom stereocenters. The van der Waals surface area contributed by atoms with Crippen molar-refractivity contribution < 1.29 is 14.6 Å². The summed E-state index contributed by atoms with van der Waals surface area (Å²) in [5.41, 5.74) is 3.79. The van der Waals surface area contributed by atoms with Crippen molar-refractivity contribution in [2.45, 2.75) is 20.3 Å². The fraction of sp³-hybridized carbons (Fsp3) is 0.278. The van der Waals surface area contributed by atoms with Crippen molar-refractivity contribution in [3.63, 3.8) is 0 Å². The molecule has 2 aromatic carbocycles. The Morgan fingerprint density at radius 3 is 2.48 bits per heavy atom. The smallest absolute Gasteiger partial charge is 0.200 e. The van der Waals surface area contributed by atoms with Crippen LogP contribution in [0.1, 0.15) is 27.0 Å². The molecule has 0 saturated heterocycles. The maximum atomic E-state index is 12.2. The summed E-state index contributed by atoms with van der Waals surface area (Å²) < 4.78 is 5.54. The molecule has 1 N–H and O–H groups in total. The van der Waals surface area contributed by atoms with Gasteiger partial charge in [0.05, 0.1) is 0 Å². The Morgan fingerprint density at radius 1 is 1.10 bits per heavy atom. The van der Waals surface area contributed by atoms with E-state index in [-0.39, 0.29) is 19.0 Å². The summed E-state index contributed by atoms with van der Waals surface area (Å²) in [4.78, 5) is 12.2. The first-order valence-corrected chi connectivity index (χ1v) is 7.03. The maximum absolute atomic E-state index is 12.2. The van der Waals surface area contributed by atoms with E-state index < -0.39 is 0 Å². The summed E-state index contributed by atoms with van der Waals surface area (Å²) in [5, 5.41) is 8.86. The predicted molar refractivity (Wildman–Crippen MR) is 83.0 cm³/mol. The van der Waals surface area contributed by atoms with Gasteiger partial charge in [-0.3, -0.25) is 4.79 Å². The Kier molecular flexibility index (Phi) is 5.12. The average molecular weight is 284 g/mol. The molecule has 2 aromatic rings. The van der Waals surface area contributed by atoms with Crippen LogP contribution < -0.4 is 4.74 Å². The summed E-state index contributed by atoms with van der Waals surface area (Å²) in [6.45, 7) is 4.06. The highest BCUT2D eigenvalue weighted by Crippen LogP contribution is 2.15. The third-order valence-corrected chi connectivity index (χ3v) is 3.39. The van der Waals surface area contributed by atoms with Crippen LogP contribution in [0.2, 0.25) is 0 Å². The minimum atomic E-state index is -0.0179. The van der Waals surface area contributed by atoms with Gasteiger partial charge in [0.15, 0.2) is 12.4 Å². The van der Waals surface area contributed by atoms with Crippen molar-refractivity contribution in [3.8, 4) is 5.75 Å². The first-order valence-electron chi connectivity index (χ1n) is 7.03. The van der Waals surface area contributed by atoms with Gasteiger partial charge in [0, 0.05) is 12.2 Å². The number of hydrogen-bond donors (Lipinski definition) is 1. The van der Waals surface area contributed by atoms with E-state index in [1.54, 1.807) is 0 Å². The van der Waals surface area contributed by atoms with Gasteiger partial charge in [0.1, 0.15) is 5.75 Å². The van der Waals surface area contributed by atoms with E-state index >= 15 is 0 Å². The standard InChI is InChI=1S/C18H20O3/c1-13-3-4-14(2)17(11-13)18(20)12-21-16-7-5-15(6-8-16)9-10-19/h3-8,11,19H,9-10,12H2,1-2H3. The molecular weight excluding hydrogens is 264 g/mol. The van der Waals surface area contributed by atoms with Crippen LogP contribution in [0.5, 0.6) is 5.75 Å². The van der Waals surface area contributed by atoms with Crippen molar-refractivity contribution in [1.82, 2.24) is 0 Å². The Balaban J connectivity index is 1.99. The fourth-order valence-electron chi connectivity index (χ4n) is 2.14. The minimum absolute atomic E-state index is 0.0179. The Morgan fingerprint density at radius 2 is 1.81 bits per heavy atom. The zero-order chi connectivity index (χ0) is 15.2. The van der Waals surface area contributed by atoms with Crippen LogP contribution >= 0.6 is 0 Å². The molecule has 0 aliphatic rings. The number of ether oxygens (including phenoxy) is 1. The van der Waals surface area contributed by atoms with Gasteiger partial charge in [-0.15, -0.1) is 0 Å². The molecule has 0 atom stereocenters. The van der Waals surface area contributed by atoms with Gasteiger partial charge in [0.25, 0.3) is 0 Å².